The van der Waals surface area contributed by atoms with Gasteiger partial charge in [0.15, 0.2) is 0 Å². The molecule has 1 aromatic rings. The standard InChI is InChI=1S/C15H18N2O7/c1-2-24-14(19)8-7-13(18)16-11(15(20)21)9-10-5-3-4-6-12(10)17(22)23/h3-6,11H,2,7-9H2,1H3,(H,16,18)(H,20,21)/t11-/m0/s1. The van der Waals surface area contributed by atoms with Gasteiger partial charge >= 0.3 is 11.9 Å². The van der Waals surface area contributed by atoms with E-state index in [0.29, 0.717) is 0 Å². The average Bonchev–Trinajstić information content (AvgIpc) is 2.52. The zero-order valence-electron chi connectivity index (χ0n) is 13.1. The number of aliphatic carboxylic acids is 1. The summed E-state index contributed by atoms with van der Waals surface area (Å²) >= 11 is 0. The van der Waals surface area contributed by atoms with Crippen molar-refractivity contribution in [2.24, 2.45) is 0 Å². The van der Waals surface area contributed by atoms with E-state index < -0.39 is 28.8 Å². The fourth-order valence-corrected chi connectivity index (χ4v) is 2.00. The van der Waals surface area contributed by atoms with Crippen molar-refractivity contribution in [2.75, 3.05) is 6.61 Å². The van der Waals surface area contributed by atoms with Crippen LogP contribution in [0.1, 0.15) is 25.3 Å². The summed E-state index contributed by atoms with van der Waals surface area (Å²) < 4.78 is 4.67. The van der Waals surface area contributed by atoms with Crippen molar-refractivity contribution >= 4 is 23.5 Å². The van der Waals surface area contributed by atoms with E-state index in [4.69, 9.17) is 0 Å². The molecule has 24 heavy (non-hydrogen) atoms. The van der Waals surface area contributed by atoms with E-state index in [1.54, 1.807) is 13.0 Å². The molecule has 0 unspecified atom stereocenters. The van der Waals surface area contributed by atoms with Crippen LogP contribution in [0.25, 0.3) is 0 Å². The maximum absolute atomic E-state index is 11.8. The Balaban J connectivity index is 2.72. The molecule has 0 saturated heterocycles. The first-order valence-corrected chi connectivity index (χ1v) is 7.25. The second-order valence-electron chi connectivity index (χ2n) is 4.85. The number of nitro groups is 1. The smallest absolute Gasteiger partial charge is 0.326 e. The van der Waals surface area contributed by atoms with Gasteiger partial charge in [-0.15, -0.1) is 0 Å². The highest BCUT2D eigenvalue weighted by Gasteiger charge is 2.24. The van der Waals surface area contributed by atoms with E-state index in [9.17, 15) is 29.6 Å². The minimum atomic E-state index is -1.33. The zero-order valence-corrected chi connectivity index (χ0v) is 13.1. The van der Waals surface area contributed by atoms with Gasteiger partial charge in [-0.05, 0) is 6.92 Å². The van der Waals surface area contributed by atoms with Crippen molar-refractivity contribution in [1.82, 2.24) is 5.32 Å². The number of rotatable bonds is 9. The van der Waals surface area contributed by atoms with Crippen LogP contribution < -0.4 is 5.32 Å². The molecule has 0 saturated carbocycles. The third kappa shape index (κ3) is 6.03. The van der Waals surface area contributed by atoms with Gasteiger partial charge < -0.3 is 15.2 Å². The number of carbonyl (C=O) groups is 3. The molecule has 0 radical (unpaired) electrons. The predicted molar refractivity (Wildman–Crippen MR) is 82.2 cm³/mol. The number of ether oxygens (including phenoxy) is 1. The van der Waals surface area contributed by atoms with Gasteiger partial charge in [0, 0.05) is 24.5 Å². The molecule has 0 spiro atoms. The summed E-state index contributed by atoms with van der Waals surface area (Å²) in [6, 6.07) is 4.37. The molecule has 1 rings (SSSR count). The van der Waals surface area contributed by atoms with Gasteiger partial charge in [-0.1, -0.05) is 18.2 Å². The Kier molecular flexibility index (Phi) is 7.34. The lowest BCUT2D eigenvalue weighted by atomic mass is 10.0. The first-order chi connectivity index (χ1) is 11.3. The molecule has 1 atom stereocenters. The number of benzene rings is 1. The number of para-hydroxylation sites is 1. The van der Waals surface area contributed by atoms with Crippen LogP contribution in [-0.4, -0.2) is 40.5 Å². The molecule has 0 fully saturated rings. The summed E-state index contributed by atoms with van der Waals surface area (Å²) in [5.74, 6) is -2.52. The summed E-state index contributed by atoms with van der Waals surface area (Å²) in [6.07, 6.45) is -0.630. The third-order valence-corrected chi connectivity index (χ3v) is 3.11. The lowest BCUT2D eigenvalue weighted by Crippen LogP contribution is -2.42. The van der Waals surface area contributed by atoms with Crippen LogP contribution >= 0.6 is 0 Å². The lowest BCUT2D eigenvalue weighted by Gasteiger charge is -2.14. The van der Waals surface area contributed by atoms with Crippen LogP contribution in [0.15, 0.2) is 24.3 Å². The number of carbonyl (C=O) groups excluding carboxylic acids is 2. The van der Waals surface area contributed by atoms with Crippen LogP contribution in [0.3, 0.4) is 0 Å². The first-order valence-electron chi connectivity index (χ1n) is 7.25. The van der Waals surface area contributed by atoms with Gasteiger partial charge in [-0.3, -0.25) is 19.7 Å². The van der Waals surface area contributed by atoms with Gasteiger partial charge in [0.05, 0.1) is 18.0 Å². The minimum Gasteiger partial charge on any atom is -0.480 e. The molecule has 130 valence electrons. The van der Waals surface area contributed by atoms with E-state index in [2.05, 4.69) is 10.1 Å². The summed E-state index contributed by atoms with van der Waals surface area (Å²) in [6.45, 7) is 1.82. The zero-order chi connectivity index (χ0) is 18.1. The number of carboxylic acid groups (broad SMARTS) is 1. The Morgan fingerprint density at radius 2 is 1.96 bits per heavy atom. The van der Waals surface area contributed by atoms with Crippen LogP contribution in [0, 0.1) is 10.1 Å². The monoisotopic (exact) mass is 338 g/mol. The molecule has 0 heterocycles. The van der Waals surface area contributed by atoms with E-state index in [0.717, 1.165) is 0 Å². The molecule has 0 aliphatic rings. The number of esters is 1. The second kappa shape index (κ2) is 9.23. The Bertz CT molecular complexity index is 630. The average molecular weight is 338 g/mol. The number of hydrogen-bond acceptors (Lipinski definition) is 6. The van der Waals surface area contributed by atoms with Gasteiger partial charge in [0.25, 0.3) is 5.69 Å². The number of nitro benzene ring substituents is 1. The number of nitrogens with one attached hydrogen (secondary N) is 1. The number of hydrogen-bond donors (Lipinski definition) is 2. The SMILES string of the molecule is CCOC(=O)CCC(=O)N[C@@H](Cc1ccccc1[N+](=O)[O-])C(=O)O. The Hall–Kier alpha value is -2.97. The second-order valence-corrected chi connectivity index (χ2v) is 4.85. The minimum absolute atomic E-state index is 0.169. The molecule has 0 aromatic heterocycles. The summed E-state index contributed by atoms with van der Waals surface area (Å²) in [5.41, 5.74) is -0.0230. The summed E-state index contributed by atoms with van der Waals surface area (Å²) in [4.78, 5) is 44.6. The van der Waals surface area contributed by atoms with Gasteiger partial charge in [0.1, 0.15) is 6.04 Å². The largest absolute Gasteiger partial charge is 0.480 e. The van der Waals surface area contributed by atoms with Crippen molar-refractivity contribution in [3.63, 3.8) is 0 Å². The van der Waals surface area contributed by atoms with E-state index in [1.165, 1.54) is 18.2 Å². The molecule has 1 amide bonds. The fraction of sp³-hybridized carbons (Fsp3) is 0.400. The van der Waals surface area contributed by atoms with E-state index in [1.807, 2.05) is 0 Å². The van der Waals surface area contributed by atoms with Crippen LogP contribution in [0.5, 0.6) is 0 Å². The molecule has 9 nitrogen and oxygen atoms in total. The number of nitrogens with zero attached hydrogens (tertiary/aromatic N) is 1. The van der Waals surface area contributed by atoms with Crippen LogP contribution in [0.4, 0.5) is 5.69 Å². The topological polar surface area (TPSA) is 136 Å². The van der Waals surface area contributed by atoms with Gasteiger partial charge in [0.2, 0.25) is 5.91 Å². The van der Waals surface area contributed by atoms with Gasteiger partial charge in [-0.2, -0.15) is 0 Å². The molecule has 0 bridgehead atoms. The quantitative estimate of drug-likeness (QED) is 0.390. The highest BCUT2D eigenvalue weighted by molar-refractivity contribution is 5.86. The van der Waals surface area contributed by atoms with Crippen molar-refractivity contribution in [2.45, 2.75) is 32.2 Å². The fourth-order valence-electron chi connectivity index (χ4n) is 2.00. The third-order valence-electron chi connectivity index (χ3n) is 3.11. The molecule has 1 aromatic carbocycles. The highest BCUT2D eigenvalue weighted by Crippen LogP contribution is 2.19. The molecule has 0 aliphatic heterocycles. The predicted octanol–water partition coefficient (Wildman–Crippen LogP) is 1.05. The van der Waals surface area contributed by atoms with Crippen LogP contribution in [-0.2, 0) is 25.5 Å². The molecular formula is C15H18N2O7. The van der Waals surface area contributed by atoms with Crippen molar-refractivity contribution in [3.8, 4) is 0 Å². The first kappa shape index (κ1) is 19.1. The van der Waals surface area contributed by atoms with Gasteiger partial charge in [-0.25, -0.2) is 4.79 Å². The molecule has 2 N–H and O–H groups in total. The molecule has 9 heteroatoms. The molecule has 0 aliphatic carbocycles. The maximum atomic E-state index is 11.8. The summed E-state index contributed by atoms with van der Waals surface area (Å²) in [5, 5.41) is 22.4. The lowest BCUT2D eigenvalue weighted by molar-refractivity contribution is -0.385. The normalized spacial score (nSPS) is 11.4. The van der Waals surface area contributed by atoms with Crippen molar-refractivity contribution in [1.29, 1.82) is 0 Å². The molecular weight excluding hydrogens is 320 g/mol. The van der Waals surface area contributed by atoms with Crippen LogP contribution in [0.2, 0.25) is 0 Å². The van der Waals surface area contributed by atoms with E-state index >= 15 is 0 Å². The Morgan fingerprint density at radius 3 is 2.54 bits per heavy atom. The number of amides is 1. The summed E-state index contributed by atoms with van der Waals surface area (Å²) in [7, 11) is 0. The van der Waals surface area contributed by atoms with E-state index in [-0.39, 0.29) is 37.1 Å². The Labute approximate surface area is 137 Å². The number of carboxylic acids is 1. The van der Waals surface area contributed by atoms with Crippen molar-refractivity contribution < 1.29 is 29.2 Å². The Morgan fingerprint density at radius 1 is 1.29 bits per heavy atom. The highest BCUT2D eigenvalue weighted by atomic mass is 16.6. The van der Waals surface area contributed by atoms with Crippen molar-refractivity contribution in [3.05, 3.63) is 39.9 Å². The maximum Gasteiger partial charge on any atom is 0.326 e.